The van der Waals surface area contributed by atoms with Crippen molar-refractivity contribution in [3.8, 4) is 0 Å². The fourth-order valence-electron chi connectivity index (χ4n) is 1.49. The summed E-state index contributed by atoms with van der Waals surface area (Å²) in [6.45, 7) is 1.68. The van der Waals surface area contributed by atoms with Gasteiger partial charge in [0.2, 0.25) is 0 Å². The molecule has 0 amide bonds. The molecule has 1 N–H and O–H groups in total. The number of carboxylic acids is 1. The summed E-state index contributed by atoms with van der Waals surface area (Å²) in [7, 11) is 0. The Kier molecular flexibility index (Phi) is 2.26. The van der Waals surface area contributed by atoms with Crippen LogP contribution in [0.5, 0.6) is 0 Å². The molecule has 6 heteroatoms. The number of hydrogen-bond donors (Lipinski definition) is 1. The number of carboxylic acid groups (broad SMARTS) is 1. The summed E-state index contributed by atoms with van der Waals surface area (Å²) in [6, 6.07) is 1.03. The molecule has 15 heavy (non-hydrogen) atoms. The van der Waals surface area contributed by atoms with E-state index in [1.807, 2.05) is 0 Å². The van der Waals surface area contributed by atoms with Crippen LogP contribution in [0.4, 0.5) is 0 Å². The standard InChI is InChI=1S/C9H9ClN2O3/c1-4-2-7(13)12(11-8(4)10)6-3-5(6)9(14)15/h2,5-6H,3H2,1H3,(H,14,15). The molecule has 1 saturated carbocycles. The summed E-state index contributed by atoms with van der Waals surface area (Å²) in [6.07, 6.45) is 0.446. The molecule has 0 saturated heterocycles. The van der Waals surface area contributed by atoms with E-state index in [9.17, 15) is 9.59 Å². The van der Waals surface area contributed by atoms with E-state index in [1.54, 1.807) is 6.92 Å². The molecule has 1 fully saturated rings. The molecule has 0 radical (unpaired) electrons. The maximum Gasteiger partial charge on any atom is 0.308 e. The van der Waals surface area contributed by atoms with Crippen LogP contribution in [0.3, 0.4) is 0 Å². The fourth-order valence-corrected chi connectivity index (χ4v) is 1.62. The molecule has 1 aliphatic carbocycles. The van der Waals surface area contributed by atoms with E-state index in [4.69, 9.17) is 16.7 Å². The molecule has 0 aliphatic heterocycles. The Morgan fingerprint density at radius 1 is 1.73 bits per heavy atom. The summed E-state index contributed by atoms with van der Waals surface area (Å²) in [5, 5.41) is 12.8. The first-order chi connectivity index (χ1) is 7.00. The summed E-state index contributed by atoms with van der Waals surface area (Å²) in [4.78, 5) is 22.1. The van der Waals surface area contributed by atoms with E-state index >= 15 is 0 Å². The molecule has 0 aromatic carbocycles. The molecule has 0 spiro atoms. The largest absolute Gasteiger partial charge is 0.481 e. The van der Waals surface area contributed by atoms with Gasteiger partial charge in [-0.05, 0) is 18.9 Å². The van der Waals surface area contributed by atoms with E-state index in [-0.39, 0.29) is 16.8 Å². The van der Waals surface area contributed by atoms with Crippen LogP contribution in [0.2, 0.25) is 5.15 Å². The fraction of sp³-hybridized carbons (Fsp3) is 0.444. The molecule has 1 aromatic rings. The molecule has 0 bridgehead atoms. The predicted octanol–water partition coefficient (Wildman–Crippen LogP) is 0.851. The molecule has 2 unspecified atom stereocenters. The van der Waals surface area contributed by atoms with E-state index in [0.29, 0.717) is 12.0 Å². The highest BCUT2D eigenvalue weighted by molar-refractivity contribution is 6.30. The minimum absolute atomic E-state index is 0.241. The minimum Gasteiger partial charge on any atom is -0.481 e. The number of aliphatic carboxylic acids is 1. The summed E-state index contributed by atoms with van der Waals surface area (Å²) < 4.78 is 1.16. The molecular weight excluding hydrogens is 220 g/mol. The molecule has 80 valence electrons. The third-order valence-corrected chi connectivity index (χ3v) is 2.85. The second-order valence-electron chi connectivity index (χ2n) is 3.65. The predicted molar refractivity (Wildman–Crippen MR) is 53.0 cm³/mol. The molecule has 2 atom stereocenters. The molecular formula is C9H9ClN2O3. The van der Waals surface area contributed by atoms with Crippen molar-refractivity contribution in [1.29, 1.82) is 0 Å². The lowest BCUT2D eigenvalue weighted by atomic mass is 10.3. The monoisotopic (exact) mass is 228 g/mol. The Balaban J connectivity index is 2.35. The lowest BCUT2D eigenvalue weighted by Gasteiger charge is -2.04. The van der Waals surface area contributed by atoms with Crippen LogP contribution in [-0.4, -0.2) is 20.9 Å². The van der Waals surface area contributed by atoms with Gasteiger partial charge in [0.1, 0.15) is 0 Å². The van der Waals surface area contributed by atoms with Crippen molar-refractivity contribution in [2.75, 3.05) is 0 Å². The van der Waals surface area contributed by atoms with Gasteiger partial charge in [-0.3, -0.25) is 9.59 Å². The number of aromatic nitrogens is 2. The lowest BCUT2D eigenvalue weighted by Crippen LogP contribution is -2.23. The second kappa shape index (κ2) is 3.34. The Bertz CT molecular complexity index is 483. The lowest BCUT2D eigenvalue weighted by molar-refractivity contribution is -0.138. The summed E-state index contributed by atoms with van der Waals surface area (Å²) in [5.41, 5.74) is 0.302. The number of nitrogens with zero attached hydrogens (tertiary/aromatic N) is 2. The summed E-state index contributed by atoms with van der Waals surface area (Å²) in [5.74, 6) is -1.40. The van der Waals surface area contributed by atoms with E-state index < -0.39 is 11.9 Å². The number of aryl methyl sites for hydroxylation is 1. The Labute approximate surface area is 90.3 Å². The van der Waals surface area contributed by atoms with E-state index in [2.05, 4.69) is 5.10 Å². The van der Waals surface area contributed by atoms with E-state index in [1.165, 1.54) is 6.07 Å². The zero-order valence-electron chi connectivity index (χ0n) is 7.98. The van der Waals surface area contributed by atoms with Gasteiger partial charge in [-0.1, -0.05) is 11.6 Å². The Hall–Kier alpha value is -1.36. The molecule has 2 rings (SSSR count). The van der Waals surface area contributed by atoms with Gasteiger partial charge in [0.25, 0.3) is 5.56 Å². The van der Waals surface area contributed by atoms with Gasteiger partial charge < -0.3 is 5.11 Å². The molecule has 1 aliphatic rings. The number of hydrogen-bond acceptors (Lipinski definition) is 3. The van der Waals surface area contributed by atoms with Crippen LogP contribution in [0.1, 0.15) is 18.0 Å². The number of rotatable bonds is 2. The average Bonchev–Trinajstić information content (AvgIpc) is 2.90. The van der Waals surface area contributed by atoms with E-state index in [0.717, 1.165) is 4.68 Å². The second-order valence-corrected chi connectivity index (χ2v) is 4.01. The summed E-state index contributed by atoms with van der Waals surface area (Å²) >= 11 is 5.77. The molecule has 1 aromatic heterocycles. The van der Waals surface area contributed by atoms with Crippen molar-refractivity contribution in [3.63, 3.8) is 0 Å². The van der Waals surface area contributed by atoms with Crippen LogP contribution in [0.15, 0.2) is 10.9 Å². The van der Waals surface area contributed by atoms with Gasteiger partial charge in [0.15, 0.2) is 5.15 Å². The van der Waals surface area contributed by atoms with Gasteiger partial charge >= 0.3 is 5.97 Å². The zero-order chi connectivity index (χ0) is 11.2. The number of carbonyl (C=O) groups is 1. The quantitative estimate of drug-likeness (QED) is 0.815. The first-order valence-electron chi connectivity index (χ1n) is 4.49. The zero-order valence-corrected chi connectivity index (χ0v) is 8.73. The van der Waals surface area contributed by atoms with Crippen LogP contribution < -0.4 is 5.56 Å². The average molecular weight is 229 g/mol. The number of halogens is 1. The Morgan fingerprint density at radius 3 is 2.93 bits per heavy atom. The topological polar surface area (TPSA) is 72.2 Å². The van der Waals surface area contributed by atoms with Crippen molar-refractivity contribution in [1.82, 2.24) is 9.78 Å². The maximum atomic E-state index is 11.5. The van der Waals surface area contributed by atoms with Crippen LogP contribution in [-0.2, 0) is 4.79 Å². The molecule has 5 nitrogen and oxygen atoms in total. The molecule has 1 heterocycles. The highest BCUT2D eigenvalue weighted by Crippen LogP contribution is 2.42. The van der Waals surface area contributed by atoms with Crippen molar-refractivity contribution < 1.29 is 9.90 Å². The third-order valence-electron chi connectivity index (χ3n) is 2.47. The van der Waals surface area contributed by atoms with Crippen molar-refractivity contribution in [3.05, 3.63) is 27.1 Å². The van der Waals surface area contributed by atoms with Crippen LogP contribution >= 0.6 is 11.6 Å². The Morgan fingerprint density at radius 2 is 2.40 bits per heavy atom. The smallest absolute Gasteiger partial charge is 0.308 e. The van der Waals surface area contributed by atoms with Crippen molar-refractivity contribution >= 4 is 17.6 Å². The van der Waals surface area contributed by atoms with Crippen molar-refractivity contribution in [2.45, 2.75) is 19.4 Å². The first kappa shape index (κ1) is 10.2. The SMILES string of the molecule is Cc1cc(=O)n(C2CC2C(=O)O)nc1Cl. The first-order valence-corrected chi connectivity index (χ1v) is 4.87. The van der Waals surface area contributed by atoms with Gasteiger partial charge in [0, 0.05) is 6.07 Å². The van der Waals surface area contributed by atoms with Gasteiger partial charge in [-0.2, -0.15) is 5.10 Å². The normalized spacial score (nSPS) is 23.9. The van der Waals surface area contributed by atoms with Gasteiger partial charge in [-0.15, -0.1) is 0 Å². The van der Waals surface area contributed by atoms with Gasteiger partial charge in [0.05, 0.1) is 12.0 Å². The van der Waals surface area contributed by atoms with Crippen LogP contribution in [0, 0.1) is 12.8 Å². The highest BCUT2D eigenvalue weighted by Gasteiger charge is 2.46. The minimum atomic E-state index is -0.898. The third kappa shape index (κ3) is 1.74. The maximum absolute atomic E-state index is 11.5. The highest BCUT2D eigenvalue weighted by atomic mass is 35.5. The van der Waals surface area contributed by atoms with Crippen LogP contribution in [0.25, 0.3) is 0 Å². The van der Waals surface area contributed by atoms with Crippen molar-refractivity contribution in [2.24, 2.45) is 5.92 Å². The van der Waals surface area contributed by atoms with Gasteiger partial charge in [-0.25, -0.2) is 4.68 Å².